The van der Waals surface area contributed by atoms with E-state index in [1.54, 1.807) is 0 Å². The Labute approximate surface area is 165 Å². The molecule has 1 aliphatic rings. The summed E-state index contributed by atoms with van der Waals surface area (Å²) in [4.78, 5) is 5.34. The van der Waals surface area contributed by atoms with Crippen molar-refractivity contribution in [1.29, 1.82) is 0 Å². The number of para-hydroxylation sites is 1. The van der Waals surface area contributed by atoms with Crippen LogP contribution in [0, 0.1) is 0 Å². The third-order valence-corrected chi connectivity index (χ3v) is 7.56. The largest absolute Gasteiger partial charge is 0.456 e. The second-order valence-corrected chi connectivity index (χ2v) is 8.73. The van der Waals surface area contributed by atoms with Crippen molar-refractivity contribution < 1.29 is 4.42 Å². The van der Waals surface area contributed by atoms with Crippen LogP contribution in [0.3, 0.4) is 0 Å². The van der Waals surface area contributed by atoms with Gasteiger partial charge in [-0.3, -0.25) is 0 Å². The van der Waals surface area contributed by atoms with Crippen molar-refractivity contribution in [1.82, 2.24) is 0 Å². The summed E-state index contributed by atoms with van der Waals surface area (Å²) in [5.74, 6) is 0. The second kappa shape index (κ2) is 5.95. The van der Waals surface area contributed by atoms with E-state index in [1.165, 1.54) is 41.5 Å². The van der Waals surface area contributed by atoms with Gasteiger partial charge in [0.25, 0.3) is 0 Å². The maximum Gasteiger partial charge on any atom is 0.135 e. The van der Waals surface area contributed by atoms with Gasteiger partial charge in [-0.1, -0.05) is 72.1 Å². The Morgan fingerprint density at radius 2 is 1.30 bits per heavy atom. The number of hydrogen-bond donors (Lipinski definition) is 0. The minimum atomic E-state index is 0.942. The molecule has 0 spiro atoms. The molecule has 0 bridgehead atoms. The molecule has 1 aromatic heterocycles. The van der Waals surface area contributed by atoms with E-state index in [0.29, 0.717) is 0 Å². The zero-order valence-electron chi connectivity index (χ0n) is 14.3. The molecule has 2 heterocycles. The molecule has 1 nitrogen and oxygen atoms in total. The maximum atomic E-state index is 5.99. The van der Waals surface area contributed by atoms with Gasteiger partial charge in [-0.15, -0.1) is 0 Å². The van der Waals surface area contributed by atoms with Gasteiger partial charge in [0.1, 0.15) is 11.2 Å². The van der Waals surface area contributed by atoms with Crippen LogP contribution >= 0.6 is 23.5 Å². The van der Waals surface area contributed by atoms with E-state index in [4.69, 9.17) is 4.42 Å². The van der Waals surface area contributed by atoms with Crippen molar-refractivity contribution in [3.05, 3.63) is 84.9 Å². The standard InChI is InChI=1S/C24H14OS2/c1-2-8-19-17(6-1)18-14-15(12-13-20(18)25-19)16-7-5-11-23-24(16)27-22-10-4-3-9-21(22)26-23/h1-14H. The van der Waals surface area contributed by atoms with E-state index < -0.39 is 0 Å². The molecule has 3 heteroatoms. The first-order valence-corrected chi connectivity index (χ1v) is 10.5. The number of benzene rings is 4. The summed E-state index contributed by atoms with van der Waals surface area (Å²) >= 11 is 3.73. The van der Waals surface area contributed by atoms with Crippen molar-refractivity contribution in [2.45, 2.75) is 19.6 Å². The van der Waals surface area contributed by atoms with Crippen LogP contribution in [-0.4, -0.2) is 0 Å². The van der Waals surface area contributed by atoms with Crippen molar-refractivity contribution in [2.75, 3.05) is 0 Å². The zero-order valence-corrected chi connectivity index (χ0v) is 15.9. The molecule has 0 aliphatic carbocycles. The quantitative estimate of drug-likeness (QED) is 0.287. The van der Waals surface area contributed by atoms with Gasteiger partial charge >= 0.3 is 0 Å². The fourth-order valence-corrected chi connectivity index (χ4v) is 6.07. The Balaban J connectivity index is 1.55. The van der Waals surface area contributed by atoms with Gasteiger partial charge in [-0.05, 0) is 47.5 Å². The second-order valence-electron chi connectivity index (χ2n) is 6.59. The molecular weight excluding hydrogens is 368 g/mol. The van der Waals surface area contributed by atoms with E-state index >= 15 is 0 Å². The summed E-state index contributed by atoms with van der Waals surface area (Å²) in [6.07, 6.45) is 0. The molecule has 0 saturated carbocycles. The first kappa shape index (κ1) is 15.4. The summed E-state index contributed by atoms with van der Waals surface area (Å²) in [6.45, 7) is 0. The molecule has 4 aromatic carbocycles. The van der Waals surface area contributed by atoms with Gasteiger partial charge in [0.05, 0.1) is 0 Å². The van der Waals surface area contributed by atoms with E-state index in [-0.39, 0.29) is 0 Å². The molecule has 128 valence electrons. The van der Waals surface area contributed by atoms with Gasteiger partial charge in [0.15, 0.2) is 0 Å². The molecule has 0 saturated heterocycles. The minimum absolute atomic E-state index is 0.942. The summed E-state index contributed by atoms with van der Waals surface area (Å²) in [7, 11) is 0. The molecule has 0 N–H and O–H groups in total. The highest BCUT2D eigenvalue weighted by Gasteiger charge is 2.20. The molecule has 0 fully saturated rings. The lowest BCUT2D eigenvalue weighted by Crippen LogP contribution is -1.92. The predicted octanol–water partition coefficient (Wildman–Crippen LogP) is 7.87. The molecule has 1 aliphatic heterocycles. The fourth-order valence-electron chi connectivity index (χ4n) is 3.67. The van der Waals surface area contributed by atoms with E-state index in [1.807, 2.05) is 35.7 Å². The number of rotatable bonds is 1. The van der Waals surface area contributed by atoms with Gasteiger partial charge < -0.3 is 4.42 Å². The SMILES string of the molecule is c1ccc2c(c1)Sc1cccc(-c3ccc4oc5ccccc5c4c3)c1S2. The Morgan fingerprint density at radius 3 is 2.22 bits per heavy atom. The number of hydrogen-bond acceptors (Lipinski definition) is 3. The van der Waals surface area contributed by atoms with Crippen LogP contribution in [0.2, 0.25) is 0 Å². The zero-order chi connectivity index (χ0) is 17.8. The van der Waals surface area contributed by atoms with Crippen LogP contribution in [0.25, 0.3) is 33.1 Å². The Hall–Kier alpha value is -2.62. The lowest BCUT2D eigenvalue weighted by Gasteiger charge is -2.21. The fraction of sp³-hybridized carbons (Fsp3) is 0. The van der Waals surface area contributed by atoms with E-state index in [0.717, 1.165) is 11.2 Å². The highest BCUT2D eigenvalue weighted by atomic mass is 32.2. The molecule has 0 atom stereocenters. The van der Waals surface area contributed by atoms with Crippen LogP contribution in [-0.2, 0) is 0 Å². The van der Waals surface area contributed by atoms with Crippen molar-refractivity contribution in [3.8, 4) is 11.1 Å². The van der Waals surface area contributed by atoms with Crippen LogP contribution in [0.15, 0.2) is 109 Å². The summed E-state index contributed by atoms with van der Waals surface area (Å²) in [6, 6.07) is 30.0. The molecule has 5 aromatic rings. The first-order chi connectivity index (χ1) is 13.4. The average molecular weight is 383 g/mol. The molecule has 0 unspecified atom stereocenters. The molecule has 27 heavy (non-hydrogen) atoms. The van der Waals surface area contributed by atoms with Crippen LogP contribution < -0.4 is 0 Å². The Kier molecular flexibility index (Phi) is 3.40. The van der Waals surface area contributed by atoms with Gasteiger partial charge in [-0.2, -0.15) is 0 Å². The van der Waals surface area contributed by atoms with Crippen molar-refractivity contribution >= 4 is 45.5 Å². The Bertz CT molecular complexity index is 1330. The third kappa shape index (κ3) is 2.43. The Morgan fingerprint density at radius 1 is 0.556 bits per heavy atom. The lowest BCUT2D eigenvalue weighted by molar-refractivity contribution is 0.669. The lowest BCUT2D eigenvalue weighted by atomic mass is 10.0. The van der Waals surface area contributed by atoms with Crippen LogP contribution in [0.4, 0.5) is 0 Å². The van der Waals surface area contributed by atoms with Crippen LogP contribution in [0.5, 0.6) is 0 Å². The summed E-state index contributed by atoms with van der Waals surface area (Å²) in [5, 5.41) is 2.35. The molecular formula is C24H14OS2. The third-order valence-electron chi connectivity index (χ3n) is 4.95. The van der Waals surface area contributed by atoms with Gasteiger partial charge in [0.2, 0.25) is 0 Å². The first-order valence-electron chi connectivity index (χ1n) is 8.86. The average Bonchev–Trinajstić information content (AvgIpc) is 3.09. The normalized spacial score (nSPS) is 12.9. The molecule has 0 amide bonds. The predicted molar refractivity (Wildman–Crippen MR) is 114 cm³/mol. The highest BCUT2D eigenvalue weighted by Crippen LogP contribution is 2.51. The maximum absolute atomic E-state index is 5.99. The summed E-state index contributed by atoms with van der Waals surface area (Å²) in [5.41, 5.74) is 4.40. The van der Waals surface area contributed by atoms with Gasteiger partial charge in [-0.25, -0.2) is 0 Å². The summed E-state index contributed by atoms with van der Waals surface area (Å²) < 4.78 is 5.99. The number of fused-ring (bicyclic) bond motifs is 5. The van der Waals surface area contributed by atoms with Gasteiger partial charge in [0, 0.05) is 30.4 Å². The highest BCUT2D eigenvalue weighted by molar-refractivity contribution is 8.05. The minimum Gasteiger partial charge on any atom is -0.456 e. The van der Waals surface area contributed by atoms with E-state index in [9.17, 15) is 0 Å². The molecule has 0 radical (unpaired) electrons. The smallest absolute Gasteiger partial charge is 0.135 e. The monoisotopic (exact) mass is 382 g/mol. The van der Waals surface area contributed by atoms with Crippen molar-refractivity contribution in [2.24, 2.45) is 0 Å². The molecule has 6 rings (SSSR count). The van der Waals surface area contributed by atoms with Crippen molar-refractivity contribution in [3.63, 3.8) is 0 Å². The number of furan rings is 1. The topological polar surface area (TPSA) is 13.1 Å². The van der Waals surface area contributed by atoms with Crippen LogP contribution in [0.1, 0.15) is 0 Å². The van der Waals surface area contributed by atoms with E-state index in [2.05, 4.69) is 72.8 Å².